The van der Waals surface area contributed by atoms with Crippen molar-refractivity contribution >= 4 is 6.09 Å². The second-order valence-electron chi connectivity index (χ2n) is 3.08. The maximum Gasteiger partial charge on any atom is 0.407 e. The fraction of sp³-hybridized carbons (Fsp3) is 0.857. The van der Waals surface area contributed by atoms with E-state index in [4.69, 9.17) is 4.74 Å². The van der Waals surface area contributed by atoms with Crippen molar-refractivity contribution in [3.05, 3.63) is 0 Å². The fourth-order valence-corrected chi connectivity index (χ4v) is 1.65. The van der Waals surface area contributed by atoms with Gasteiger partial charge in [0.05, 0.1) is 0 Å². The van der Waals surface area contributed by atoms with Crippen LogP contribution < -0.4 is 10.6 Å². The molecule has 2 fully saturated rings. The van der Waals surface area contributed by atoms with Gasteiger partial charge in [-0.25, -0.2) is 4.79 Å². The summed E-state index contributed by atoms with van der Waals surface area (Å²) in [5, 5.41) is 5.89. The summed E-state index contributed by atoms with van der Waals surface area (Å²) in [7, 11) is 0. The molecule has 2 atom stereocenters. The predicted octanol–water partition coefficient (Wildman–Crippen LogP) is -0.296. The van der Waals surface area contributed by atoms with Gasteiger partial charge in [0, 0.05) is 19.0 Å². The first kappa shape index (κ1) is 6.91. The van der Waals surface area contributed by atoms with Crippen molar-refractivity contribution in [3.8, 4) is 0 Å². The molecule has 2 N–H and O–H groups in total. The van der Waals surface area contributed by atoms with E-state index in [1.54, 1.807) is 0 Å². The van der Waals surface area contributed by atoms with Crippen LogP contribution >= 0.6 is 0 Å². The Hall–Kier alpha value is -0.770. The zero-order valence-electron chi connectivity index (χ0n) is 6.30. The minimum atomic E-state index is -0.269. The molecule has 2 aliphatic rings. The number of alkyl carbamates (subject to hydrolysis) is 1. The highest BCUT2D eigenvalue weighted by Gasteiger charge is 2.31. The minimum Gasteiger partial charge on any atom is -0.445 e. The molecule has 4 nitrogen and oxygen atoms in total. The fourth-order valence-electron chi connectivity index (χ4n) is 1.65. The van der Waals surface area contributed by atoms with Crippen LogP contribution in [0.2, 0.25) is 0 Å². The molecular weight excluding hydrogens is 144 g/mol. The van der Waals surface area contributed by atoms with Crippen molar-refractivity contribution in [1.82, 2.24) is 10.6 Å². The topological polar surface area (TPSA) is 50.4 Å². The average Bonchev–Trinajstić information content (AvgIpc) is 2.04. The Morgan fingerprint density at radius 1 is 1.45 bits per heavy atom. The van der Waals surface area contributed by atoms with Gasteiger partial charge in [-0.1, -0.05) is 0 Å². The van der Waals surface area contributed by atoms with Gasteiger partial charge in [0.2, 0.25) is 0 Å². The highest BCUT2D eigenvalue weighted by molar-refractivity contribution is 5.68. The average molecular weight is 156 g/mol. The number of carbonyl (C=O) groups is 1. The molecule has 2 aliphatic heterocycles. The molecule has 0 bridgehead atoms. The van der Waals surface area contributed by atoms with E-state index < -0.39 is 0 Å². The first-order valence-corrected chi connectivity index (χ1v) is 4.01. The first-order chi connectivity index (χ1) is 5.36. The maximum absolute atomic E-state index is 10.8. The quantitative estimate of drug-likeness (QED) is 0.506. The lowest BCUT2D eigenvalue weighted by atomic mass is 9.94. The molecule has 0 aromatic heterocycles. The second-order valence-corrected chi connectivity index (χ2v) is 3.08. The monoisotopic (exact) mass is 156 g/mol. The Labute approximate surface area is 65.3 Å². The SMILES string of the molecule is O=C1NC[C@@H]2CCNC[C@H]2O1. The molecule has 0 aromatic rings. The third-order valence-corrected chi connectivity index (χ3v) is 2.33. The Kier molecular flexibility index (Phi) is 1.69. The molecule has 2 heterocycles. The number of hydrogen-bond acceptors (Lipinski definition) is 3. The third-order valence-electron chi connectivity index (χ3n) is 2.33. The summed E-state index contributed by atoms with van der Waals surface area (Å²) >= 11 is 0. The van der Waals surface area contributed by atoms with E-state index >= 15 is 0 Å². The molecule has 4 heteroatoms. The maximum atomic E-state index is 10.8. The van der Waals surface area contributed by atoms with Gasteiger partial charge >= 0.3 is 6.09 Å². The summed E-state index contributed by atoms with van der Waals surface area (Å²) in [4.78, 5) is 10.8. The van der Waals surface area contributed by atoms with Gasteiger partial charge in [-0.3, -0.25) is 0 Å². The Morgan fingerprint density at radius 3 is 3.27 bits per heavy atom. The standard InChI is InChI=1S/C7H12N2O2/c10-7-9-3-5-1-2-8-4-6(5)11-7/h5-6,8H,1-4H2,(H,9,10)/t5-,6+/m0/s1. The van der Waals surface area contributed by atoms with Crippen LogP contribution in [0.3, 0.4) is 0 Å². The van der Waals surface area contributed by atoms with Crippen molar-refractivity contribution in [2.24, 2.45) is 5.92 Å². The number of fused-ring (bicyclic) bond motifs is 1. The van der Waals surface area contributed by atoms with Crippen LogP contribution in [0.5, 0.6) is 0 Å². The summed E-state index contributed by atoms with van der Waals surface area (Å²) in [5.74, 6) is 0.522. The predicted molar refractivity (Wildman–Crippen MR) is 39.2 cm³/mol. The van der Waals surface area contributed by atoms with E-state index in [9.17, 15) is 4.79 Å². The lowest BCUT2D eigenvalue weighted by Gasteiger charge is -2.35. The summed E-state index contributed by atoms with van der Waals surface area (Å²) < 4.78 is 5.08. The van der Waals surface area contributed by atoms with Crippen molar-refractivity contribution in [1.29, 1.82) is 0 Å². The molecule has 0 aromatic carbocycles. The molecule has 2 saturated heterocycles. The van der Waals surface area contributed by atoms with Crippen molar-refractivity contribution in [2.45, 2.75) is 12.5 Å². The largest absolute Gasteiger partial charge is 0.445 e. The number of carbonyl (C=O) groups excluding carboxylic acids is 1. The summed E-state index contributed by atoms with van der Waals surface area (Å²) in [6, 6.07) is 0. The molecule has 0 aliphatic carbocycles. The van der Waals surface area contributed by atoms with Gasteiger partial charge < -0.3 is 15.4 Å². The molecule has 0 spiro atoms. The van der Waals surface area contributed by atoms with Crippen LogP contribution in [0, 0.1) is 5.92 Å². The number of piperidine rings is 1. The zero-order chi connectivity index (χ0) is 7.68. The van der Waals surface area contributed by atoms with E-state index in [0.29, 0.717) is 5.92 Å². The Morgan fingerprint density at radius 2 is 2.36 bits per heavy atom. The van der Waals surface area contributed by atoms with Gasteiger partial charge in [0.25, 0.3) is 0 Å². The molecule has 0 saturated carbocycles. The first-order valence-electron chi connectivity index (χ1n) is 4.01. The third kappa shape index (κ3) is 1.30. The van der Waals surface area contributed by atoms with E-state index in [1.165, 1.54) is 0 Å². The van der Waals surface area contributed by atoms with Gasteiger partial charge in [0.1, 0.15) is 6.10 Å². The van der Waals surface area contributed by atoms with Crippen LogP contribution in [-0.2, 0) is 4.74 Å². The minimum absolute atomic E-state index is 0.109. The van der Waals surface area contributed by atoms with Crippen molar-refractivity contribution in [3.63, 3.8) is 0 Å². The van der Waals surface area contributed by atoms with Gasteiger partial charge in [-0.15, -0.1) is 0 Å². The smallest absolute Gasteiger partial charge is 0.407 e. The molecule has 62 valence electrons. The highest BCUT2D eigenvalue weighted by atomic mass is 16.6. The normalized spacial score (nSPS) is 36.9. The summed E-state index contributed by atoms with van der Waals surface area (Å²) in [5.41, 5.74) is 0. The van der Waals surface area contributed by atoms with Crippen LogP contribution in [0.15, 0.2) is 0 Å². The number of rotatable bonds is 0. The molecule has 1 amide bonds. The van der Waals surface area contributed by atoms with Gasteiger partial charge in [-0.2, -0.15) is 0 Å². The van der Waals surface area contributed by atoms with E-state index in [-0.39, 0.29) is 12.2 Å². The van der Waals surface area contributed by atoms with Crippen LogP contribution in [-0.4, -0.2) is 31.8 Å². The number of ether oxygens (including phenoxy) is 1. The number of nitrogens with one attached hydrogen (secondary N) is 2. The lowest BCUT2D eigenvalue weighted by molar-refractivity contribution is 0.0227. The summed E-state index contributed by atoms with van der Waals surface area (Å²) in [6.45, 7) is 2.64. The van der Waals surface area contributed by atoms with Gasteiger partial charge in [-0.05, 0) is 13.0 Å². The molecule has 2 rings (SSSR count). The highest BCUT2D eigenvalue weighted by Crippen LogP contribution is 2.17. The van der Waals surface area contributed by atoms with Crippen LogP contribution in [0.25, 0.3) is 0 Å². The number of hydrogen-bond donors (Lipinski definition) is 2. The van der Waals surface area contributed by atoms with E-state index in [1.807, 2.05) is 0 Å². The molecule has 0 unspecified atom stereocenters. The molecule has 11 heavy (non-hydrogen) atoms. The molecule has 0 radical (unpaired) electrons. The molecular formula is C7H12N2O2. The number of amides is 1. The van der Waals surface area contributed by atoms with Gasteiger partial charge in [0.15, 0.2) is 0 Å². The lowest BCUT2D eigenvalue weighted by Crippen LogP contribution is -2.52. The Bertz CT molecular complexity index is 172. The van der Waals surface area contributed by atoms with Crippen LogP contribution in [0.1, 0.15) is 6.42 Å². The zero-order valence-corrected chi connectivity index (χ0v) is 6.30. The van der Waals surface area contributed by atoms with E-state index in [0.717, 1.165) is 26.1 Å². The van der Waals surface area contributed by atoms with Crippen LogP contribution in [0.4, 0.5) is 4.79 Å². The van der Waals surface area contributed by atoms with E-state index in [2.05, 4.69) is 10.6 Å². The van der Waals surface area contributed by atoms with Crippen molar-refractivity contribution in [2.75, 3.05) is 19.6 Å². The second kappa shape index (κ2) is 2.70. The van der Waals surface area contributed by atoms with Crippen molar-refractivity contribution < 1.29 is 9.53 Å². The summed E-state index contributed by atoms with van der Waals surface area (Å²) in [6.07, 6.45) is 0.942. The Balaban J connectivity index is 1.98.